The van der Waals surface area contributed by atoms with Crippen LogP contribution in [0.5, 0.6) is 0 Å². The molecule has 3 heterocycles. The first-order valence-electron chi connectivity index (χ1n) is 12.0. The second-order valence-corrected chi connectivity index (χ2v) is 10.9. The molecule has 3 aromatic rings. The van der Waals surface area contributed by atoms with Crippen LogP contribution in [-0.2, 0) is 23.0 Å². The molecule has 2 aliphatic rings. The second kappa shape index (κ2) is 9.68. The van der Waals surface area contributed by atoms with Gasteiger partial charge in [-0.05, 0) is 62.1 Å². The monoisotopic (exact) mass is 479 g/mol. The lowest BCUT2D eigenvalue weighted by Crippen LogP contribution is -2.35. The molecule has 1 fully saturated rings. The van der Waals surface area contributed by atoms with E-state index in [4.69, 9.17) is 0 Å². The van der Waals surface area contributed by atoms with Gasteiger partial charge in [-0.3, -0.25) is 4.79 Å². The van der Waals surface area contributed by atoms with Crippen molar-refractivity contribution in [3.8, 4) is 11.4 Å². The van der Waals surface area contributed by atoms with E-state index in [1.165, 1.54) is 22.9 Å². The Morgan fingerprint density at radius 3 is 2.38 bits per heavy atom. The summed E-state index contributed by atoms with van der Waals surface area (Å²) in [6, 6.07) is 13.7. The number of nitrogens with one attached hydrogen (secondary N) is 1. The molecule has 1 saturated heterocycles. The van der Waals surface area contributed by atoms with Crippen molar-refractivity contribution < 1.29 is 13.2 Å². The van der Waals surface area contributed by atoms with Gasteiger partial charge in [-0.15, -0.1) is 10.2 Å². The number of carbonyl (C=O) groups excluding carboxylic acids is 1. The van der Waals surface area contributed by atoms with Crippen molar-refractivity contribution in [1.29, 1.82) is 0 Å². The molecule has 1 aromatic heterocycles. The zero-order valence-electron chi connectivity index (χ0n) is 19.1. The molecule has 5 rings (SSSR count). The number of carbonyl (C=O) groups is 1. The fourth-order valence-electron chi connectivity index (χ4n) is 4.67. The minimum absolute atomic E-state index is 0.223. The van der Waals surface area contributed by atoms with Gasteiger partial charge in [-0.25, -0.2) is 8.42 Å². The number of amides is 1. The summed E-state index contributed by atoms with van der Waals surface area (Å²) in [4.78, 5) is 13.1. The third-order valence-corrected chi connectivity index (χ3v) is 8.47. The van der Waals surface area contributed by atoms with E-state index in [1.54, 1.807) is 12.1 Å². The maximum atomic E-state index is 12.8. The van der Waals surface area contributed by atoms with Gasteiger partial charge in [0.15, 0.2) is 5.82 Å². The van der Waals surface area contributed by atoms with E-state index in [2.05, 4.69) is 20.1 Å². The molecule has 1 N–H and O–H groups in total. The number of aryl methyl sites for hydroxylation is 1. The van der Waals surface area contributed by atoms with E-state index in [0.29, 0.717) is 24.3 Å². The van der Waals surface area contributed by atoms with E-state index < -0.39 is 10.0 Å². The summed E-state index contributed by atoms with van der Waals surface area (Å²) >= 11 is 0. The maximum Gasteiger partial charge on any atom is 0.255 e. The van der Waals surface area contributed by atoms with Crippen molar-refractivity contribution in [2.75, 3.05) is 18.4 Å². The molecule has 8 nitrogen and oxygen atoms in total. The molecule has 0 saturated carbocycles. The lowest BCUT2D eigenvalue weighted by atomic mass is 10.1. The van der Waals surface area contributed by atoms with E-state index in [0.717, 1.165) is 62.3 Å². The Morgan fingerprint density at radius 1 is 0.853 bits per heavy atom. The highest BCUT2D eigenvalue weighted by Gasteiger charge is 2.26. The summed E-state index contributed by atoms with van der Waals surface area (Å²) in [5, 5.41) is 11.7. The summed E-state index contributed by atoms with van der Waals surface area (Å²) in [6.07, 6.45) is 7.20. The van der Waals surface area contributed by atoms with Gasteiger partial charge in [-0.1, -0.05) is 25.0 Å². The highest BCUT2D eigenvalue weighted by molar-refractivity contribution is 7.89. The predicted octanol–water partition coefficient (Wildman–Crippen LogP) is 4.10. The van der Waals surface area contributed by atoms with Crippen LogP contribution in [-0.4, -0.2) is 46.5 Å². The predicted molar refractivity (Wildman–Crippen MR) is 130 cm³/mol. The number of nitrogens with zero attached hydrogens (tertiary/aromatic N) is 4. The van der Waals surface area contributed by atoms with Crippen LogP contribution in [0.1, 0.15) is 54.7 Å². The SMILES string of the molecule is O=C(Nc1cccc(-c2nnc3n2CCCCC3)c1)c1ccc(S(=O)(=O)N2CCCCC2)cc1. The van der Waals surface area contributed by atoms with Crippen LogP contribution in [0.25, 0.3) is 11.4 Å². The highest BCUT2D eigenvalue weighted by atomic mass is 32.2. The quantitative estimate of drug-likeness (QED) is 0.594. The Hall–Kier alpha value is -3.04. The minimum atomic E-state index is -3.52. The van der Waals surface area contributed by atoms with Gasteiger partial charge in [0.1, 0.15) is 5.82 Å². The van der Waals surface area contributed by atoms with Crippen LogP contribution >= 0.6 is 0 Å². The number of aromatic nitrogens is 3. The Bertz CT molecular complexity index is 1280. The Labute approximate surface area is 200 Å². The third kappa shape index (κ3) is 4.63. The fourth-order valence-corrected chi connectivity index (χ4v) is 6.19. The van der Waals surface area contributed by atoms with Gasteiger partial charge in [-0.2, -0.15) is 4.31 Å². The molecular weight excluding hydrogens is 450 g/mol. The van der Waals surface area contributed by atoms with Crippen LogP contribution in [0.2, 0.25) is 0 Å². The van der Waals surface area contributed by atoms with Crippen molar-refractivity contribution in [2.45, 2.75) is 56.4 Å². The van der Waals surface area contributed by atoms with Crippen LogP contribution in [0.3, 0.4) is 0 Å². The second-order valence-electron chi connectivity index (χ2n) is 8.93. The van der Waals surface area contributed by atoms with E-state index in [9.17, 15) is 13.2 Å². The van der Waals surface area contributed by atoms with Crippen molar-refractivity contribution in [1.82, 2.24) is 19.1 Å². The number of benzene rings is 2. The minimum Gasteiger partial charge on any atom is -0.322 e. The van der Waals surface area contributed by atoms with Gasteiger partial charge < -0.3 is 9.88 Å². The fraction of sp³-hybridized carbons (Fsp3) is 0.400. The molecule has 0 spiro atoms. The van der Waals surface area contributed by atoms with Gasteiger partial charge in [0.25, 0.3) is 5.91 Å². The maximum absolute atomic E-state index is 12.8. The molecule has 34 heavy (non-hydrogen) atoms. The summed E-state index contributed by atoms with van der Waals surface area (Å²) in [7, 11) is -3.52. The average molecular weight is 480 g/mol. The van der Waals surface area contributed by atoms with Crippen molar-refractivity contribution in [3.05, 3.63) is 59.9 Å². The zero-order chi connectivity index (χ0) is 23.5. The van der Waals surface area contributed by atoms with E-state index in [1.807, 2.05) is 24.3 Å². The van der Waals surface area contributed by atoms with Gasteiger partial charge >= 0.3 is 0 Å². The van der Waals surface area contributed by atoms with Gasteiger partial charge in [0, 0.05) is 42.9 Å². The van der Waals surface area contributed by atoms with Crippen LogP contribution in [0, 0.1) is 0 Å². The van der Waals surface area contributed by atoms with Gasteiger partial charge in [0.2, 0.25) is 10.0 Å². The first-order chi connectivity index (χ1) is 16.5. The number of rotatable bonds is 5. The number of hydrogen-bond donors (Lipinski definition) is 1. The highest BCUT2D eigenvalue weighted by Crippen LogP contribution is 2.26. The number of anilines is 1. The molecule has 0 aliphatic carbocycles. The molecule has 0 unspecified atom stereocenters. The standard InChI is InChI=1S/C25H29N5O3S/c31-25(19-11-13-22(14-12-19)34(32,33)29-15-4-2-5-16-29)26-21-9-7-8-20(18-21)24-28-27-23-10-3-1-6-17-30(23)24/h7-9,11-14,18H,1-6,10,15-17H2,(H,26,31). The number of hydrogen-bond acceptors (Lipinski definition) is 5. The molecule has 1 amide bonds. The van der Waals surface area contributed by atoms with Crippen molar-refractivity contribution >= 4 is 21.6 Å². The molecule has 0 atom stereocenters. The summed E-state index contributed by atoms with van der Waals surface area (Å²) < 4.78 is 29.4. The number of sulfonamides is 1. The average Bonchev–Trinajstić information content (AvgIpc) is 3.13. The Kier molecular flexibility index (Phi) is 6.47. The largest absolute Gasteiger partial charge is 0.322 e. The number of piperidine rings is 1. The lowest BCUT2D eigenvalue weighted by Gasteiger charge is -2.25. The van der Waals surface area contributed by atoms with E-state index in [-0.39, 0.29) is 10.8 Å². The smallest absolute Gasteiger partial charge is 0.255 e. The molecule has 0 radical (unpaired) electrons. The Balaban J connectivity index is 1.31. The van der Waals surface area contributed by atoms with Gasteiger partial charge in [0.05, 0.1) is 4.90 Å². The van der Waals surface area contributed by atoms with Crippen LogP contribution < -0.4 is 5.32 Å². The summed E-state index contributed by atoms with van der Waals surface area (Å²) in [5.41, 5.74) is 1.96. The topological polar surface area (TPSA) is 97.2 Å². The molecule has 9 heteroatoms. The summed E-state index contributed by atoms with van der Waals surface area (Å²) in [5.74, 6) is 1.54. The number of fused-ring (bicyclic) bond motifs is 1. The molecule has 0 bridgehead atoms. The zero-order valence-corrected chi connectivity index (χ0v) is 19.9. The normalized spacial score (nSPS) is 17.1. The third-order valence-electron chi connectivity index (χ3n) is 6.56. The summed E-state index contributed by atoms with van der Waals surface area (Å²) in [6.45, 7) is 2.01. The van der Waals surface area contributed by atoms with E-state index >= 15 is 0 Å². The first kappa shape index (κ1) is 22.7. The first-order valence-corrected chi connectivity index (χ1v) is 13.4. The lowest BCUT2D eigenvalue weighted by molar-refractivity contribution is 0.102. The van der Waals surface area contributed by atoms with Crippen molar-refractivity contribution in [3.63, 3.8) is 0 Å². The Morgan fingerprint density at radius 2 is 1.59 bits per heavy atom. The molecule has 178 valence electrons. The molecule has 2 aliphatic heterocycles. The molecule has 2 aromatic carbocycles. The molecular formula is C25H29N5O3S. The van der Waals surface area contributed by atoms with Crippen LogP contribution in [0.4, 0.5) is 5.69 Å². The van der Waals surface area contributed by atoms with Crippen LogP contribution in [0.15, 0.2) is 53.4 Å². The van der Waals surface area contributed by atoms with Crippen molar-refractivity contribution in [2.24, 2.45) is 0 Å².